The maximum absolute atomic E-state index is 12.9. The number of likely N-dealkylation sites (tertiary alicyclic amines) is 1. The third kappa shape index (κ3) is 3.89. The van der Waals surface area contributed by atoms with Crippen LogP contribution in [0.15, 0.2) is 33.4 Å². The molecule has 1 amide bonds. The van der Waals surface area contributed by atoms with Crippen molar-refractivity contribution in [3.63, 3.8) is 0 Å². The second-order valence-electron chi connectivity index (χ2n) is 8.22. The van der Waals surface area contributed by atoms with Crippen LogP contribution in [0, 0.1) is 17.3 Å². The van der Waals surface area contributed by atoms with Crippen LogP contribution in [0.5, 0.6) is 0 Å². The molecule has 2 aliphatic rings. The number of amides is 1. The van der Waals surface area contributed by atoms with Gasteiger partial charge in [-0.2, -0.15) is 0 Å². The number of sulfonamides is 1. The van der Waals surface area contributed by atoms with Gasteiger partial charge in [-0.15, -0.1) is 11.3 Å². The molecular weight excluding hydrogens is 368 g/mol. The van der Waals surface area contributed by atoms with Crippen LogP contribution in [-0.4, -0.2) is 38.4 Å². The molecule has 2 fully saturated rings. The largest absolute Gasteiger partial charge is 0.342 e. The molecule has 0 spiro atoms. The van der Waals surface area contributed by atoms with E-state index in [2.05, 4.69) is 38.5 Å². The van der Waals surface area contributed by atoms with E-state index in [0.29, 0.717) is 36.1 Å². The van der Waals surface area contributed by atoms with Gasteiger partial charge < -0.3 is 4.90 Å². The van der Waals surface area contributed by atoms with Gasteiger partial charge in [0.25, 0.3) is 0 Å². The Bertz CT molecular complexity index is 785. The Balaban J connectivity index is 1.56. The van der Waals surface area contributed by atoms with Gasteiger partial charge in [0.15, 0.2) is 0 Å². The summed E-state index contributed by atoms with van der Waals surface area (Å²) < 4.78 is 27.8. The number of nitrogens with zero attached hydrogens (tertiary/aromatic N) is 1. The zero-order chi connectivity index (χ0) is 19.1. The minimum atomic E-state index is -3.44. The molecule has 2 atom stereocenters. The SMILES string of the molecule is CC(C)=C[C@H]1[C@@H](C(=O)N2CCC(NS(=O)(=O)c3cccs3)CC2)C1(C)C. The zero-order valence-electron chi connectivity index (χ0n) is 15.9. The quantitative estimate of drug-likeness (QED) is 0.777. The standard InChI is InChI=1S/C19H28N2O3S2/c1-13(2)12-15-17(19(15,3)4)18(22)21-9-7-14(8-10-21)20-26(23,24)16-6-5-11-25-16/h5-6,11-12,14-15,17,20H,7-10H2,1-4H3/t15-,17-/m0/s1. The molecule has 2 heterocycles. The minimum absolute atomic E-state index is 0.0198. The Hall–Kier alpha value is -1.18. The van der Waals surface area contributed by atoms with Crippen molar-refractivity contribution in [2.45, 2.75) is 50.8 Å². The number of rotatable bonds is 5. The van der Waals surface area contributed by atoms with Crippen LogP contribution in [-0.2, 0) is 14.8 Å². The molecule has 1 aliphatic heterocycles. The Morgan fingerprint density at radius 1 is 1.31 bits per heavy atom. The monoisotopic (exact) mass is 396 g/mol. The molecule has 1 aromatic heterocycles. The number of piperidine rings is 1. The van der Waals surface area contributed by atoms with Gasteiger partial charge in [-0.3, -0.25) is 4.79 Å². The Kier molecular flexibility index (Phi) is 5.34. The van der Waals surface area contributed by atoms with E-state index in [1.54, 1.807) is 17.5 Å². The van der Waals surface area contributed by atoms with Crippen molar-refractivity contribution in [2.24, 2.45) is 17.3 Å². The van der Waals surface area contributed by atoms with Gasteiger partial charge in [0.2, 0.25) is 15.9 Å². The van der Waals surface area contributed by atoms with E-state index in [9.17, 15) is 13.2 Å². The maximum atomic E-state index is 12.9. The van der Waals surface area contributed by atoms with Crippen LogP contribution >= 0.6 is 11.3 Å². The third-order valence-corrected chi connectivity index (χ3v) is 8.50. The molecule has 1 saturated carbocycles. The van der Waals surface area contributed by atoms with Crippen molar-refractivity contribution in [1.82, 2.24) is 9.62 Å². The molecule has 0 unspecified atom stereocenters. The number of allylic oxidation sites excluding steroid dienone is 2. The van der Waals surface area contributed by atoms with Crippen LogP contribution in [0.25, 0.3) is 0 Å². The van der Waals surface area contributed by atoms with Crippen molar-refractivity contribution in [3.05, 3.63) is 29.2 Å². The molecule has 1 N–H and O–H groups in total. The number of carbonyl (C=O) groups is 1. The first-order chi connectivity index (χ1) is 12.1. The van der Waals surface area contributed by atoms with Crippen molar-refractivity contribution >= 4 is 27.3 Å². The van der Waals surface area contributed by atoms with Crippen LogP contribution in [0.4, 0.5) is 0 Å². The van der Waals surface area contributed by atoms with Gasteiger partial charge in [0, 0.05) is 19.1 Å². The van der Waals surface area contributed by atoms with E-state index in [4.69, 9.17) is 0 Å². The van der Waals surface area contributed by atoms with Crippen LogP contribution in [0.3, 0.4) is 0 Å². The predicted molar refractivity (Wildman–Crippen MR) is 104 cm³/mol. The fourth-order valence-corrected chi connectivity index (χ4v) is 6.24. The Morgan fingerprint density at radius 2 is 1.96 bits per heavy atom. The number of carbonyl (C=O) groups excluding carboxylic acids is 1. The fourth-order valence-electron chi connectivity index (χ4n) is 3.93. The highest BCUT2D eigenvalue weighted by molar-refractivity contribution is 7.91. The van der Waals surface area contributed by atoms with Gasteiger partial charge in [-0.05, 0) is 49.5 Å². The molecule has 3 rings (SSSR count). The minimum Gasteiger partial charge on any atom is -0.342 e. The lowest BCUT2D eigenvalue weighted by Gasteiger charge is -2.32. The first-order valence-corrected chi connectivity index (χ1v) is 11.5. The number of nitrogens with one attached hydrogen (secondary N) is 1. The second-order valence-corrected chi connectivity index (χ2v) is 11.1. The van der Waals surface area contributed by atoms with E-state index in [1.165, 1.54) is 16.9 Å². The predicted octanol–water partition coefficient (Wildman–Crippen LogP) is 3.26. The lowest BCUT2D eigenvalue weighted by molar-refractivity contribution is -0.134. The van der Waals surface area contributed by atoms with Crippen LogP contribution in [0.2, 0.25) is 0 Å². The summed E-state index contributed by atoms with van der Waals surface area (Å²) in [6.45, 7) is 9.68. The molecular formula is C19H28N2O3S2. The van der Waals surface area contributed by atoms with Gasteiger partial charge >= 0.3 is 0 Å². The normalized spacial score (nSPS) is 25.8. The molecule has 1 aliphatic carbocycles. The highest BCUT2D eigenvalue weighted by Crippen LogP contribution is 2.60. The summed E-state index contributed by atoms with van der Waals surface area (Å²) in [5, 5.41) is 1.76. The molecule has 7 heteroatoms. The van der Waals surface area contributed by atoms with Crippen molar-refractivity contribution in [2.75, 3.05) is 13.1 Å². The number of hydrogen-bond donors (Lipinski definition) is 1. The summed E-state index contributed by atoms with van der Waals surface area (Å²) in [6.07, 6.45) is 3.54. The molecule has 0 bridgehead atoms. The lowest BCUT2D eigenvalue weighted by Crippen LogP contribution is -2.47. The van der Waals surface area contributed by atoms with Crippen molar-refractivity contribution in [1.29, 1.82) is 0 Å². The van der Waals surface area contributed by atoms with Gasteiger partial charge in [0.1, 0.15) is 4.21 Å². The molecule has 144 valence electrons. The smallest absolute Gasteiger partial charge is 0.250 e. The zero-order valence-corrected chi connectivity index (χ0v) is 17.5. The summed E-state index contributed by atoms with van der Waals surface area (Å²) in [4.78, 5) is 14.8. The maximum Gasteiger partial charge on any atom is 0.250 e. The highest BCUT2D eigenvalue weighted by Gasteiger charge is 2.61. The van der Waals surface area contributed by atoms with E-state index >= 15 is 0 Å². The first-order valence-electron chi connectivity index (χ1n) is 9.12. The van der Waals surface area contributed by atoms with Crippen LogP contribution < -0.4 is 4.72 Å². The van der Waals surface area contributed by atoms with Crippen molar-refractivity contribution < 1.29 is 13.2 Å². The van der Waals surface area contributed by atoms with Crippen LogP contribution in [0.1, 0.15) is 40.5 Å². The van der Waals surface area contributed by atoms with Gasteiger partial charge in [-0.1, -0.05) is 31.6 Å². The molecule has 1 aromatic rings. The first kappa shape index (κ1) is 19.6. The van der Waals surface area contributed by atoms with E-state index in [-0.39, 0.29) is 23.3 Å². The lowest BCUT2D eigenvalue weighted by atomic mass is 10.0. The third-order valence-electron chi connectivity index (χ3n) is 5.58. The van der Waals surface area contributed by atoms with Crippen molar-refractivity contribution in [3.8, 4) is 0 Å². The van der Waals surface area contributed by atoms with Gasteiger partial charge in [-0.25, -0.2) is 13.1 Å². The number of hydrogen-bond acceptors (Lipinski definition) is 4. The summed E-state index contributed by atoms with van der Waals surface area (Å²) in [5.41, 5.74) is 1.27. The average molecular weight is 397 g/mol. The summed E-state index contributed by atoms with van der Waals surface area (Å²) in [7, 11) is -3.44. The summed E-state index contributed by atoms with van der Waals surface area (Å²) in [6, 6.07) is 3.25. The summed E-state index contributed by atoms with van der Waals surface area (Å²) in [5.74, 6) is 0.587. The molecule has 0 radical (unpaired) electrons. The molecule has 1 saturated heterocycles. The van der Waals surface area contributed by atoms with E-state index in [0.717, 1.165) is 0 Å². The summed E-state index contributed by atoms with van der Waals surface area (Å²) >= 11 is 1.22. The van der Waals surface area contributed by atoms with Gasteiger partial charge in [0.05, 0.1) is 5.92 Å². The molecule has 26 heavy (non-hydrogen) atoms. The molecule has 5 nitrogen and oxygen atoms in total. The topological polar surface area (TPSA) is 66.5 Å². The second kappa shape index (κ2) is 7.09. The number of thiophene rings is 1. The van der Waals surface area contributed by atoms with E-state index in [1.807, 2.05) is 4.90 Å². The van der Waals surface area contributed by atoms with E-state index < -0.39 is 10.0 Å². The Labute approximate surface area is 160 Å². The fraction of sp³-hybridized carbons (Fsp3) is 0.632. The molecule has 0 aromatic carbocycles. The average Bonchev–Trinajstić information content (AvgIpc) is 2.96. The Morgan fingerprint density at radius 3 is 2.50 bits per heavy atom. The highest BCUT2D eigenvalue weighted by atomic mass is 32.2.